The molecule has 0 aliphatic carbocycles. The number of hydrogen-bond donors (Lipinski definition) is 1. The molecule has 9 nitrogen and oxygen atoms in total. The van der Waals surface area contributed by atoms with Crippen LogP contribution in [0.4, 0.5) is 18.0 Å². The van der Waals surface area contributed by atoms with Gasteiger partial charge in [-0.2, -0.15) is 28.6 Å². The van der Waals surface area contributed by atoms with Gasteiger partial charge in [0, 0.05) is 55.9 Å². The second-order valence-corrected chi connectivity index (χ2v) is 9.91. The van der Waals surface area contributed by atoms with Gasteiger partial charge in [-0.1, -0.05) is 11.6 Å². The van der Waals surface area contributed by atoms with E-state index in [1.54, 1.807) is 23.1 Å². The van der Waals surface area contributed by atoms with Crippen molar-refractivity contribution in [2.24, 2.45) is 0 Å². The molecule has 0 unspecified atom stereocenters. The molecule has 0 atom stereocenters. The normalized spacial score (nSPS) is 17.7. The number of benzene rings is 2. The number of rotatable bonds is 4. The van der Waals surface area contributed by atoms with Gasteiger partial charge in [-0.15, -0.1) is 0 Å². The van der Waals surface area contributed by atoms with Crippen molar-refractivity contribution in [1.82, 2.24) is 30.1 Å². The molecule has 2 amide bonds. The van der Waals surface area contributed by atoms with Crippen molar-refractivity contribution in [3.8, 4) is 0 Å². The Bertz CT molecular complexity index is 1320. The highest BCUT2D eigenvalue weighted by Crippen LogP contribution is 2.32. The molecule has 2 aliphatic rings. The molecule has 2 saturated heterocycles. The molecule has 2 fully saturated rings. The van der Waals surface area contributed by atoms with E-state index in [0.717, 1.165) is 38.1 Å². The molecule has 2 aromatic carbocycles. The number of halogens is 4. The largest absolute Gasteiger partial charge is 0.445 e. The standard InChI is InChI=1S/C25H26ClF3N6O3/c26-19-12-16(11-18(14-19)25(27,28)29)15-38-24(37)35-5-3-20(4-6-35)33-7-9-34(10-8-33)23(36)17-1-2-21-22(13-17)31-32-30-21/h1-2,11-14,20H,3-10,15H2,(H,30,31,32). The van der Waals surface area contributed by atoms with Crippen molar-refractivity contribution in [2.45, 2.75) is 31.7 Å². The maximum atomic E-state index is 13.0. The average molecular weight is 551 g/mol. The van der Waals surface area contributed by atoms with Gasteiger partial charge in [0.15, 0.2) is 0 Å². The van der Waals surface area contributed by atoms with Crippen LogP contribution in [0.25, 0.3) is 11.0 Å². The van der Waals surface area contributed by atoms with Crippen LogP contribution in [0.2, 0.25) is 5.02 Å². The van der Waals surface area contributed by atoms with Gasteiger partial charge in [-0.05, 0) is 54.8 Å². The van der Waals surface area contributed by atoms with Crippen LogP contribution in [0.5, 0.6) is 0 Å². The number of aromatic amines is 1. The van der Waals surface area contributed by atoms with Crippen molar-refractivity contribution in [2.75, 3.05) is 39.3 Å². The van der Waals surface area contributed by atoms with E-state index in [1.165, 1.54) is 6.07 Å². The van der Waals surface area contributed by atoms with Gasteiger partial charge in [0.05, 0.1) is 5.56 Å². The summed E-state index contributed by atoms with van der Waals surface area (Å²) in [4.78, 5) is 31.2. The fourth-order valence-corrected chi connectivity index (χ4v) is 5.25. The first kappa shape index (κ1) is 26.2. The number of carbonyl (C=O) groups is 2. The van der Waals surface area contributed by atoms with Crippen molar-refractivity contribution in [3.05, 3.63) is 58.1 Å². The first-order chi connectivity index (χ1) is 18.2. The number of nitrogens with one attached hydrogen (secondary N) is 1. The lowest BCUT2D eigenvalue weighted by Crippen LogP contribution is -2.54. The van der Waals surface area contributed by atoms with E-state index < -0.39 is 17.8 Å². The molecule has 202 valence electrons. The van der Waals surface area contributed by atoms with Crippen LogP contribution in [0, 0.1) is 0 Å². The van der Waals surface area contributed by atoms with E-state index in [4.69, 9.17) is 16.3 Å². The quantitative estimate of drug-likeness (QED) is 0.523. The fourth-order valence-electron chi connectivity index (χ4n) is 4.99. The Kier molecular flexibility index (Phi) is 7.44. The Balaban J connectivity index is 1.07. The zero-order chi connectivity index (χ0) is 26.9. The van der Waals surface area contributed by atoms with Crippen LogP contribution in [0.1, 0.15) is 34.3 Å². The number of carbonyl (C=O) groups excluding carboxylic acids is 2. The molecular weight excluding hydrogens is 525 g/mol. The zero-order valence-electron chi connectivity index (χ0n) is 20.4. The molecule has 3 heterocycles. The molecule has 13 heteroatoms. The van der Waals surface area contributed by atoms with Crippen molar-refractivity contribution in [1.29, 1.82) is 0 Å². The van der Waals surface area contributed by atoms with E-state index in [-0.39, 0.29) is 29.1 Å². The molecule has 0 bridgehead atoms. The lowest BCUT2D eigenvalue weighted by atomic mass is 10.0. The predicted molar refractivity (Wildman–Crippen MR) is 133 cm³/mol. The molecule has 1 N–H and O–H groups in total. The third-order valence-electron chi connectivity index (χ3n) is 7.05. The molecule has 0 saturated carbocycles. The number of likely N-dealkylation sites (tertiary alicyclic amines) is 1. The first-order valence-corrected chi connectivity index (χ1v) is 12.7. The van der Waals surface area contributed by atoms with Crippen LogP contribution in [-0.2, 0) is 17.5 Å². The van der Waals surface area contributed by atoms with Crippen molar-refractivity contribution >= 4 is 34.6 Å². The molecule has 0 spiro atoms. The number of aromatic nitrogens is 3. The molecule has 5 rings (SSSR count). The van der Waals surface area contributed by atoms with E-state index in [9.17, 15) is 22.8 Å². The smallest absolute Gasteiger partial charge is 0.416 e. The first-order valence-electron chi connectivity index (χ1n) is 12.3. The van der Waals surface area contributed by atoms with E-state index in [0.29, 0.717) is 42.8 Å². The van der Waals surface area contributed by atoms with Gasteiger partial charge in [0.25, 0.3) is 5.91 Å². The second-order valence-electron chi connectivity index (χ2n) is 9.47. The molecule has 3 aromatic rings. The van der Waals surface area contributed by atoms with E-state index in [1.807, 2.05) is 4.90 Å². The highest BCUT2D eigenvalue weighted by atomic mass is 35.5. The molecule has 38 heavy (non-hydrogen) atoms. The number of H-pyrrole nitrogens is 1. The number of piperazine rings is 1. The monoisotopic (exact) mass is 550 g/mol. The summed E-state index contributed by atoms with van der Waals surface area (Å²) in [5, 5.41) is 10.5. The third kappa shape index (κ3) is 5.86. The zero-order valence-corrected chi connectivity index (χ0v) is 21.1. The van der Waals surface area contributed by atoms with Crippen molar-refractivity contribution < 1.29 is 27.5 Å². The minimum Gasteiger partial charge on any atom is -0.445 e. The van der Waals surface area contributed by atoms with Crippen LogP contribution >= 0.6 is 11.6 Å². The Hall–Kier alpha value is -3.38. The topological polar surface area (TPSA) is 94.7 Å². The highest BCUT2D eigenvalue weighted by Gasteiger charge is 2.32. The van der Waals surface area contributed by atoms with Gasteiger partial charge in [0.1, 0.15) is 17.6 Å². The Morgan fingerprint density at radius 1 is 0.947 bits per heavy atom. The van der Waals surface area contributed by atoms with Crippen LogP contribution in [-0.4, -0.2) is 87.4 Å². The summed E-state index contributed by atoms with van der Waals surface area (Å²) < 4.78 is 44.3. The number of ether oxygens (including phenoxy) is 1. The summed E-state index contributed by atoms with van der Waals surface area (Å²) in [7, 11) is 0. The minimum absolute atomic E-state index is 0.0332. The summed E-state index contributed by atoms with van der Waals surface area (Å²) in [5.74, 6) is -0.0332. The Morgan fingerprint density at radius 2 is 1.66 bits per heavy atom. The second kappa shape index (κ2) is 10.8. The molecule has 1 aromatic heterocycles. The number of hydrogen-bond acceptors (Lipinski definition) is 6. The molecule has 2 aliphatic heterocycles. The maximum absolute atomic E-state index is 13.0. The summed E-state index contributed by atoms with van der Waals surface area (Å²) in [6.07, 6.45) is -3.59. The number of alkyl halides is 3. The Morgan fingerprint density at radius 3 is 2.37 bits per heavy atom. The molecule has 0 radical (unpaired) electrons. The minimum atomic E-state index is -4.53. The fraction of sp³-hybridized carbons (Fsp3) is 0.440. The van der Waals surface area contributed by atoms with Crippen LogP contribution < -0.4 is 0 Å². The average Bonchev–Trinajstić information content (AvgIpc) is 3.39. The summed E-state index contributed by atoms with van der Waals surface area (Å²) >= 11 is 5.80. The summed E-state index contributed by atoms with van der Waals surface area (Å²) in [6, 6.07) is 8.68. The highest BCUT2D eigenvalue weighted by molar-refractivity contribution is 6.30. The lowest BCUT2D eigenvalue weighted by molar-refractivity contribution is -0.137. The molecular formula is C25H26ClF3N6O3. The third-order valence-corrected chi connectivity index (χ3v) is 7.27. The van der Waals surface area contributed by atoms with Crippen LogP contribution in [0.15, 0.2) is 36.4 Å². The van der Waals surface area contributed by atoms with E-state index >= 15 is 0 Å². The van der Waals surface area contributed by atoms with Gasteiger partial charge in [-0.3, -0.25) is 9.69 Å². The lowest BCUT2D eigenvalue weighted by Gasteiger charge is -2.42. The van der Waals surface area contributed by atoms with Gasteiger partial charge in [0.2, 0.25) is 0 Å². The number of nitrogens with zero attached hydrogens (tertiary/aromatic N) is 5. The van der Waals surface area contributed by atoms with Gasteiger partial charge >= 0.3 is 12.3 Å². The number of fused-ring (bicyclic) bond motifs is 1. The van der Waals surface area contributed by atoms with Crippen LogP contribution in [0.3, 0.4) is 0 Å². The summed E-state index contributed by atoms with van der Waals surface area (Å²) in [6.45, 7) is 3.39. The van der Waals surface area contributed by atoms with Gasteiger partial charge in [-0.25, -0.2) is 4.79 Å². The van der Waals surface area contributed by atoms with Crippen molar-refractivity contribution in [3.63, 3.8) is 0 Å². The SMILES string of the molecule is O=C(OCc1cc(Cl)cc(C(F)(F)F)c1)N1CCC(N2CCN(C(=O)c3ccc4n[nH]nc4c3)CC2)CC1. The van der Waals surface area contributed by atoms with Gasteiger partial charge < -0.3 is 14.5 Å². The number of amides is 2. The van der Waals surface area contributed by atoms with E-state index in [2.05, 4.69) is 20.3 Å². The predicted octanol–water partition coefficient (Wildman–Crippen LogP) is 4.19. The summed E-state index contributed by atoms with van der Waals surface area (Å²) in [5.41, 5.74) is 1.25. The Labute approximate surface area is 221 Å². The number of piperidine rings is 1. The maximum Gasteiger partial charge on any atom is 0.416 e.